The van der Waals surface area contributed by atoms with Crippen molar-refractivity contribution in [2.75, 3.05) is 11.1 Å². The van der Waals surface area contributed by atoms with Crippen LogP contribution in [0.15, 0.2) is 54.6 Å². The maximum atomic E-state index is 12.3. The van der Waals surface area contributed by atoms with Gasteiger partial charge >= 0.3 is 0 Å². The number of carbonyl (C=O) groups is 1. The van der Waals surface area contributed by atoms with E-state index >= 15 is 0 Å². The van der Waals surface area contributed by atoms with Crippen molar-refractivity contribution >= 4 is 23.2 Å². The van der Waals surface area contributed by atoms with Crippen LogP contribution >= 0.6 is 0 Å². The van der Waals surface area contributed by atoms with Gasteiger partial charge in [0.25, 0.3) is 11.6 Å². The number of anilines is 2. The average Bonchev–Trinajstić information content (AvgIpc) is 2.63. The first-order valence-electron chi connectivity index (χ1n) is 8.25. The molecule has 0 bridgehead atoms. The average molecular weight is 362 g/mol. The number of aromatic nitrogens is 1. The Kier molecular flexibility index (Phi) is 4.85. The fourth-order valence-electron chi connectivity index (χ4n) is 2.68. The van der Waals surface area contributed by atoms with E-state index in [0.29, 0.717) is 22.5 Å². The van der Waals surface area contributed by atoms with E-state index in [9.17, 15) is 14.9 Å². The van der Waals surface area contributed by atoms with Crippen LogP contribution in [0.5, 0.6) is 0 Å². The molecular formula is C20H18N4O3. The van der Waals surface area contributed by atoms with Gasteiger partial charge in [0, 0.05) is 23.3 Å². The molecule has 0 aliphatic carbocycles. The minimum atomic E-state index is -0.456. The van der Waals surface area contributed by atoms with E-state index in [1.807, 2.05) is 26.0 Å². The van der Waals surface area contributed by atoms with Crippen LogP contribution < -0.4 is 11.1 Å². The lowest BCUT2D eigenvalue weighted by Gasteiger charge is -2.11. The largest absolute Gasteiger partial charge is 0.383 e. The topological polar surface area (TPSA) is 111 Å². The van der Waals surface area contributed by atoms with Crippen LogP contribution in [0.2, 0.25) is 0 Å². The highest BCUT2D eigenvalue weighted by atomic mass is 16.6. The number of benzene rings is 2. The van der Waals surface area contributed by atoms with Gasteiger partial charge in [0.15, 0.2) is 0 Å². The summed E-state index contributed by atoms with van der Waals surface area (Å²) < 4.78 is 0. The highest BCUT2D eigenvalue weighted by molar-refractivity contribution is 6.04. The first-order chi connectivity index (χ1) is 12.8. The number of nitrogens with one attached hydrogen (secondary N) is 1. The van der Waals surface area contributed by atoms with Crippen LogP contribution in [-0.4, -0.2) is 15.8 Å². The quantitative estimate of drug-likeness (QED) is 0.536. The van der Waals surface area contributed by atoms with Gasteiger partial charge in [-0.05, 0) is 49.2 Å². The molecule has 7 nitrogen and oxygen atoms in total. The highest BCUT2D eigenvalue weighted by Crippen LogP contribution is 2.31. The summed E-state index contributed by atoms with van der Waals surface area (Å²) in [6.45, 7) is 3.78. The van der Waals surface area contributed by atoms with Crippen molar-refractivity contribution in [1.29, 1.82) is 0 Å². The molecule has 7 heteroatoms. The maximum absolute atomic E-state index is 12.3. The molecule has 2 aromatic carbocycles. The zero-order valence-electron chi connectivity index (χ0n) is 14.9. The van der Waals surface area contributed by atoms with Crippen molar-refractivity contribution in [3.63, 3.8) is 0 Å². The van der Waals surface area contributed by atoms with Gasteiger partial charge in [-0.2, -0.15) is 0 Å². The Morgan fingerprint density at radius 2 is 1.74 bits per heavy atom. The lowest BCUT2D eigenvalue weighted by molar-refractivity contribution is -0.384. The molecule has 3 aromatic rings. The van der Waals surface area contributed by atoms with Gasteiger partial charge in [-0.15, -0.1) is 0 Å². The predicted molar refractivity (Wildman–Crippen MR) is 105 cm³/mol. The molecule has 0 unspecified atom stereocenters. The molecule has 3 rings (SSSR count). The molecule has 27 heavy (non-hydrogen) atoms. The van der Waals surface area contributed by atoms with E-state index in [0.717, 1.165) is 11.1 Å². The smallest absolute Gasteiger partial charge is 0.270 e. The van der Waals surface area contributed by atoms with Crippen LogP contribution in [0.3, 0.4) is 0 Å². The fourth-order valence-corrected chi connectivity index (χ4v) is 2.68. The standard InChI is InChI=1S/C20H18N4O3/c1-12-3-6-14(7-4-12)20(25)23-18-10-9-16(19(21)22-18)17-11-15(24(26)27)8-5-13(17)2/h3-11H,1-2H3,(H3,21,22,23,25). The monoisotopic (exact) mass is 362 g/mol. The minimum absolute atomic E-state index is 0.0215. The SMILES string of the molecule is Cc1ccc(C(=O)Nc2ccc(-c3cc([N+](=O)[O-])ccc3C)c(N)n2)cc1. The number of nitrogens with two attached hydrogens (primary N) is 1. The first-order valence-corrected chi connectivity index (χ1v) is 8.25. The summed E-state index contributed by atoms with van der Waals surface area (Å²) in [6.07, 6.45) is 0. The van der Waals surface area contributed by atoms with Crippen LogP contribution in [0.4, 0.5) is 17.3 Å². The Bertz CT molecular complexity index is 1030. The summed E-state index contributed by atoms with van der Waals surface area (Å²) >= 11 is 0. The number of hydrogen-bond acceptors (Lipinski definition) is 5. The van der Waals surface area contributed by atoms with Crippen molar-refractivity contribution in [2.45, 2.75) is 13.8 Å². The molecule has 0 saturated carbocycles. The van der Waals surface area contributed by atoms with E-state index < -0.39 is 4.92 Å². The summed E-state index contributed by atoms with van der Waals surface area (Å²) in [7, 11) is 0. The normalized spacial score (nSPS) is 10.4. The number of carbonyl (C=O) groups excluding carboxylic acids is 1. The molecule has 0 saturated heterocycles. The van der Waals surface area contributed by atoms with Gasteiger partial charge in [0.05, 0.1) is 4.92 Å². The number of nitrogen functional groups attached to an aromatic ring is 1. The number of nitro groups is 1. The molecule has 0 fully saturated rings. The van der Waals surface area contributed by atoms with Crippen molar-refractivity contribution in [1.82, 2.24) is 4.98 Å². The summed E-state index contributed by atoms with van der Waals surface area (Å²) in [4.78, 5) is 27.1. The Hall–Kier alpha value is -3.74. The van der Waals surface area contributed by atoms with Crippen molar-refractivity contribution in [2.24, 2.45) is 0 Å². The molecule has 0 aliphatic rings. The Morgan fingerprint density at radius 1 is 1.04 bits per heavy atom. The molecule has 3 N–H and O–H groups in total. The summed E-state index contributed by atoms with van der Waals surface area (Å²) in [6, 6.07) is 15.1. The third-order valence-electron chi connectivity index (χ3n) is 4.20. The second kappa shape index (κ2) is 7.25. The van der Waals surface area contributed by atoms with Crippen LogP contribution in [-0.2, 0) is 0 Å². The number of non-ortho nitro benzene ring substituents is 1. The fraction of sp³-hybridized carbons (Fsp3) is 0.100. The number of aryl methyl sites for hydroxylation is 2. The van der Waals surface area contributed by atoms with Crippen LogP contribution in [0.25, 0.3) is 11.1 Å². The van der Waals surface area contributed by atoms with E-state index in [-0.39, 0.29) is 17.4 Å². The lowest BCUT2D eigenvalue weighted by Crippen LogP contribution is -2.13. The third-order valence-corrected chi connectivity index (χ3v) is 4.20. The van der Waals surface area contributed by atoms with Gasteiger partial charge in [-0.3, -0.25) is 14.9 Å². The zero-order valence-corrected chi connectivity index (χ0v) is 14.9. The molecule has 0 spiro atoms. The van der Waals surface area contributed by atoms with Crippen LogP contribution in [0, 0.1) is 24.0 Å². The molecule has 0 atom stereocenters. The van der Waals surface area contributed by atoms with E-state index in [4.69, 9.17) is 5.73 Å². The molecule has 136 valence electrons. The summed E-state index contributed by atoms with van der Waals surface area (Å²) in [5, 5.41) is 13.7. The van der Waals surface area contributed by atoms with E-state index in [1.165, 1.54) is 12.1 Å². The second-order valence-electron chi connectivity index (χ2n) is 6.21. The predicted octanol–water partition coefficient (Wildman–Crippen LogP) is 4.11. The van der Waals surface area contributed by atoms with Crippen LogP contribution in [0.1, 0.15) is 21.5 Å². The number of hydrogen-bond donors (Lipinski definition) is 2. The van der Waals surface area contributed by atoms with Gasteiger partial charge in [-0.25, -0.2) is 4.98 Å². The zero-order chi connectivity index (χ0) is 19.6. The van der Waals surface area contributed by atoms with Gasteiger partial charge in [-0.1, -0.05) is 23.8 Å². The van der Waals surface area contributed by atoms with Crippen molar-refractivity contribution < 1.29 is 9.72 Å². The highest BCUT2D eigenvalue weighted by Gasteiger charge is 2.14. The third kappa shape index (κ3) is 3.92. The minimum Gasteiger partial charge on any atom is -0.383 e. The summed E-state index contributed by atoms with van der Waals surface area (Å²) in [5.41, 5.74) is 9.65. The Morgan fingerprint density at radius 3 is 2.37 bits per heavy atom. The molecular weight excluding hydrogens is 344 g/mol. The molecule has 1 aromatic heterocycles. The molecule has 1 heterocycles. The molecule has 1 amide bonds. The van der Waals surface area contributed by atoms with Crippen molar-refractivity contribution in [3.8, 4) is 11.1 Å². The Balaban J connectivity index is 1.88. The Labute approximate surface area is 156 Å². The molecule has 0 radical (unpaired) electrons. The van der Waals surface area contributed by atoms with Gasteiger partial charge < -0.3 is 11.1 Å². The van der Waals surface area contributed by atoms with Crippen molar-refractivity contribution in [3.05, 3.63) is 81.4 Å². The van der Waals surface area contributed by atoms with Gasteiger partial charge in [0.2, 0.25) is 0 Å². The number of nitrogens with zero attached hydrogens (tertiary/aromatic N) is 2. The maximum Gasteiger partial charge on any atom is 0.270 e. The number of nitro benzene ring substituents is 1. The molecule has 0 aliphatic heterocycles. The van der Waals surface area contributed by atoms with E-state index in [1.54, 1.807) is 30.3 Å². The summed E-state index contributed by atoms with van der Waals surface area (Å²) in [5.74, 6) is 0.200. The van der Waals surface area contributed by atoms with E-state index in [2.05, 4.69) is 10.3 Å². The number of amides is 1. The second-order valence-corrected chi connectivity index (χ2v) is 6.21. The first kappa shape index (κ1) is 18.1. The lowest BCUT2D eigenvalue weighted by atomic mass is 10.0. The van der Waals surface area contributed by atoms with Gasteiger partial charge in [0.1, 0.15) is 11.6 Å². The number of rotatable bonds is 4. The number of pyridine rings is 1.